The largest absolute Gasteiger partial charge is 0.376 e. The number of rotatable bonds is 10. The van der Waals surface area contributed by atoms with E-state index in [0.717, 1.165) is 37.8 Å². The number of nitrogens with one attached hydrogen (secondary N) is 2. The van der Waals surface area contributed by atoms with Crippen LogP contribution < -0.4 is 22.1 Å². The number of benzene rings is 1. The number of hydrogen-bond donors (Lipinski definition) is 4. The molecule has 2 aromatic heterocycles. The van der Waals surface area contributed by atoms with Crippen molar-refractivity contribution in [2.24, 2.45) is 11.5 Å². The van der Waals surface area contributed by atoms with Gasteiger partial charge in [0.05, 0.1) is 30.2 Å². The van der Waals surface area contributed by atoms with Gasteiger partial charge in [0.2, 0.25) is 5.95 Å². The van der Waals surface area contributed by atoms with E-state index < -0.39 is 5.91 Å². The molecular weight excluding hydrogens is 434 g/mol. The van der Waals surface area contributed by atoms with Crippen LogP contribution in [0.5, 0.6) is 0 Å². The van der Waals surface area contributed by atoms with Crippen molar-refractivity contribution in [1.82, 2.24) is 25.0 Å². The summed E-state index contributed by atoms with van der Waals surface area (Å²) in [7, 11) is 0. The zero-order chi connectivity index (χ0) is 23.9. The highest BCUT2D eigenvalue weighted by molar-refractivity contribution is 5.98. The Bertz CT molecular complexity index is 1090. The number of amides is 1. The fourth-order valence-corrected chi connectivity index (χ4v) is 4.03. The van der Waals surface area contributed by atoms with Crippen LogP contribution in [0.4, 0.5) is 17.5 Å². The number of nitrogens with two attached hydrogens (primary N) is 2. The zero-order valence-electron chi connectivity index (χ0n) is 19.2. The number of carbonyl (C=O) groups is 1. The van der Waals surface area contributed by atoms with Crippen LogP contribution in [0.2, 0.25) is 0 Å². The van der Waals surface area contributed by atoms with Crippen molar-refractivity contribution in [1.29, 1.82) is 0 Å². The molecule has 34 heavy (non-hydrogen) atoms. The number of anilines is 3. The van der Waals surface area contributed by atoms with E-state index in [9.17, 15) is 4.79 Å². The number of carbonyl (C=O) groups excluding carboxylic acids is 1. The monoisotopic (exact) mass is 465 g/mol. The van der Waals surface area contributed by atoms with Crippen LogP contribution in [0.3, 0.4) is 0 Å². The number of aromatic nitrogens is 5. The number of ether oxygens (including phenoxy) is 1. The van der Waals surface area contributed by atoms with Gasteiger partial charge in [-0.05, 0) is 43.9 Å². The molecule has 6 N–H and O–H groups in total. The summed E-state index contributed by atoms with van der Waals surface area (Å²) in [5.74, 6) is 0.0151. The highest BCUT2D eigenvalue weighted by atomic mass is 16.5. The first-order valence-corrected chi connectivity index (χ1v) is 11.6. The molecule has 0 radical (unpaired) electrons. The molecule has 3 aromatic rings. The van der Waals surface area contributed by atoms with Crippen LogP contribution in [0.15, 0.2) is 42.9 Å². The second-order valence-electron chi connectivity index (χ2n) is 8.34. The minimum absolute atomic E-state index is 0.0237. The van der Waals surface area contributed by atoms with Crippen LogP contribution in [-0.2, 0) is 4.74 Å². The van der Waals surface area contributed by atoms with Gasteiger partial charge in [0.1, 0.15) is 11.4 Å². The molecule has 1 aliphatic rings. The van der Waals surface area contributed by atoms with Crippen molar-refractivity contribution in [2.75, 3.05) is 17.2 Å². The first-order chi connectivity index (χ1) is 16.5. The number of nitrogens with zero attached hydrogens (tertiary/aromatic N) is 5. The first kappa shape index (κ1) is 23.6. The second kappa shape index (κ2) is 11.0. The average Bonchev–Trinajstić information content (AvgIpc) is 3.37. The van der Waals surface area contributed by atoms with Gasteiger partial charge < -0.3 is 26.8 Å². The summed E-state index contributed by atoms with van der Waals surface area (Å²) in [6, 6.07) is 7.19. The van der Waals surface area contributed by atoms with Gasteiger partial charge in [0.15, 0.2) is 0 Å². The lowest BCUT2D eigenvalue weighted by atomic mass is 9.88. The van der Waals surface area contributed by atoms with Crippen molar-refractivity contribution in [3.63, 3.8) is 0 Å². The summed E-state index contributed by atoms with van der Waals surface area (Å²) in [5.41, 5.74) is 13.6. The minimum atomic E-state index is -0.630. The van der Waals surface area contributed by atoms with Gasteiger partial charge in [0.25, 0.3) is 5.91 Å². The molecule has 1 aromatic carbocycles. The van der Waals surface area contributed by atoms with E-state index in [0.29, 0.717) is 24.1 Å². The van der Waals surface area contributed by atoms with Gasteiger partial charge in [0, 0.05) is 24.5 Å². The van der Waals surface area contributed by atoms with E-state index in [4.69, 9.17) is 16.2 Å². The lowest BCUT2D eigenvalue weighted by molar-refractivity contribution is 0.0132. The van der Waals surface area contributed by atoms with Gasteiger partial charge in [-0.2, -0.15) is 20.0 Å². The van der Waals surface area contributed by atoms with Gasteiger partial charge in [-0.25, -0.2) is 4.98 Å². The molecule has 0 unspecified atom stereocenters. The molecule has 11 nitrogen and oxygen atoms in total. The molecule has 1 amide bonds. The lowest BCUT2D eigenvalue weighted by Crippen LogP contribution is -2.52. The molecule has 0 saturated heterocycles. The van der Waals surface area contributed by atoms with Crippen molar-refractivity contribution in [3.05, 3.63) is 48.4 Å². The number of hydrogen-bond acceptors (Lipinski definition) is 9. The molecule has 3 atom stereocenters. The van der Waals surface area contributed by atoms with Crippen molar-refractivity contribution in [2.45, 2.75) is 57.2 Å². The molecule has 0 aliphatic heterocycles. The fourth-order valence-electron chi connectivity index (χ4n) is 4.03. The van der Waals surface area contributed by atoms with E-state index >= 15 is 0 Å². The summed E-state index contributed by atoms with van der Waals surface area (Å²) in [5, 5.41) is 14.8. The Balaban J connectivity index is 1.56. The van der Waals surface area contributed by atoms with E-state index in [-0.39, 0.29) is 23.8 Å². The zero-order valence-corrected chi connectivity index (χ0v) is 19.2. The number of unbranched alkanes of at least 4 members (excludes halogenated alkanes) is 1. The maximum Gasteiger partial charge on any atom is 0.254 e. The third-order valence-corrected chi connectivity index (χ3v) is 5.83. The Morgan fingerprint density at radius 2 is 2.09 bits per heavy atom. The smallest absolute Gasteiger partial charge is 0.254 e. The first-order valence-electron chi connectivity index (χ1n) is 11.6. The Kier molecular flexibility index (Phi) is 7.65. The minimum Gasteiger partial charge on any atom is -0.376 e. The highest BCUT2D eigenvalue weighted by Gasteiger charge is 2.32. The highest BCUT2D eigenvalue weighted by Crippen LogP contribution is 2.26. The third-order valence-electron chi connectivity index (χ3n) is 5.83. The van der Waals surface area contributed by atoms with Crippen LogP contribution in [-0.4, -0.2) is 55.7 Å². The Hall–Kier alpha value is -3.57. The quantitative estimate of drug-likeness (QED) is 0.330. The summed E-state index contributed by atoms with van der Waals surface area (Å²) in [6.45, 7) is 2.83. The Morgan fingerprint density at radius 3 is 2.85 bits per heavy atom. The van der Waals surface area contributed by atoms with E-state index in [2.05, 4.69) is 37.7 Å². The van der Waals surface area contributed by atoms with E-state index in [1.807, 2.05) is 24.3 Å². The van der Waals surface area contributed by atoms with Crippen LogP contribution in [0.1, 0.15) is 49.4 Å². The third kappa shape index (κ3) is 5.67. The maximum atomic E-state index is 12.0. The summed E-state index contributed by atoms with van der Waals surface area (Å²) in [6.07, 6.45) is 9.50. The molecule has 1 fully saturated rings. The molecule has 1 saturated carbocycles. The predicted molar refractivity (Wildman–Crippen MR) is 129 cm³/mol. The average molecular weight is 466 g/mol. The molecule has 2 heterocycles. The van der Waals surface area contributed by atoms with Crippen molar-refractivity contribution >= 4 is 23.4 Å². The Labute approximate surface area is 198 Å². The molecule has 0 bridgehead atoms. The van der Waals surface area contributed by atoms with Crippen molar-refractivity contribution < 1.29 is 9.53 Å². The number of primary amides is 1. The summed E-state index contributed by atoms with van der Waals surface area (Å²) in [4.78, 5) is 22.4. The van der Waals surface area contributed by atoms with Gasteiger partial charge in [-0.3, -0.25) is 4.79 Å². The topological polar surface area (TPSA) is 159 Å². The van der Waals surface area contributed by atoms with Crippen LogP contribution in [0.25, 0.3) is 5.69 Å². The predicted octanol–water partition coefficient (Wildman–Crippen LogP) is 2.38. The van der Waals surface area contributed by atoms with E-state index in [1.54, 1.807) is 12.4 Å². The van der Waals surface area contributed by atoms with Gasteiger partial charge >= 0.3 is 0 Å². The summed E-state index contributed by atoms with van der Waals surface area (Å²) >= 11 is 0. The van der Waals surface area contributed by atoms with E-state index in [1.165, 1.54) is 11.0 Å². The van der Waals surface area contributed by atoms with Crippen molar-refractivity contribution in [3.8, 4) is 5.69 Å². The molecule has 4 rings (SSSR count). The molecule has 1 aliphatic carbocycles. The maximum absolute atomic E-state index is 12.0. The molecular formula is C23H31N9O2. The normalized spacial score (nSPS) is 20.1. The fraction of sp³-hybridized carbons (Fsp3) is 0.435. The lowest BCUT2D eigenvalue weighted by Gasteiger charge is -2.36. The molecule has 11 heteroatoms. The van der Waals surface area contributed by atoms with Gasteiger partial charge in [-0.15, -0.1) is 0 Å². The summed E-state index contributed by atoms with van der Waals surface area (Å²) < 4.78 is 6.11. The van der Waals surface area contributed by atoms with Gasteiger partial charge in [-0.1, -0.05) is 19.4 Å². The standard InChI is InChI=1S/C23H31N9O2/c1-2-3-12-34-19-9-5-8-18(24)20(19)30-23-26-14-17(21(25)33)22(31-23)29-15-6-4-7-16(13-15)32-27-10-11-28-32/h4,6-7,10-11,13-14,18-20H,2-3,5,8-9,12,24H2,1H3,(H2,25,33)(H2,26,29,30,31)/t18-,19+,20-/m0/s1. The van der Waals surface area contributed by atoms with Crippen LogP contribution in [0, 0.1) is 0 Å². The van der Waals surface area contributed by atoms with Crippen LogP contribution >= 0.6 is 0 Å². The second-order valence-corrected chi connectivity index (χ2v) is 8.34. The molecule has 0 spiro atoms. The molecule has 180 valence electrons. The SMILES string of the molecule is CCCCO[C@@H]1CCC[C@H](N)[C@@H]1Nc1ncc(C(N)=O)c(Nc2cccc(-n3nccn3)c2)n1. The Morgan fingerprint density at radius 1 is 1.26 bits per heavy atom.